The van der Waals surface area contributed by atoms with Crippen molar-refractivity contribution in [1.29, 1.82) is 0 Å². The number of hydrogen-bond acceptors (Lipinski definition) is 10. The fraction of sp³-hybridized carbons (Fsp3) is 0.273. The predicted octanol–water partition coefficient (Wildman–Crippen LogP) is 3.53. The number of likely N-dealkylation sites (N-methyl/N-ethyl adjacent to an activating group) is 1. The summed E-state index contributed by atoms with van der Waals surface area (Å²) in [5, 5.41) is 20.2. The van der Waals surface area contributed by atoms with Gasteiger partial charge in [0.05, 0.1) is 25.2 Å². The Labute approximate surface area is 257 Å². The lowest BCUT2D eigenvalue weighted by atomic mass is 9.83. The summed E-state index contributed by atoms with van der Waals surface area (Å²) in [7, 11) is 2.73. The molecule has 3 aliphatic heterocycles. The molecule has 1 saturated heterocycles. The van der Waals surface area contributed by atoms with Gasteiger partial charge in [-0.1, -0.05) is 12.1 Å². The standard InChI is InChI=1S/C33H31N3O9/c1-18(37)30-25-14-20(31(33(40)35(2)41)36(25)32(30)39)5-4-12-43-26-11-6-19(13-29(26)42-3)17-44-22-8-10-24-28(16-22)45-27-15-21(38)7-9-23(27)34-24/h4-11,13,15-16,18,25,30,37,41H,12,14,17H2,1-3H3/b5-4+/t18?,25-,30-/m1/s1. The van der Waals surface area contributed by atoms with Crippen LogP contribution in [0.4, 0.5) is 0 Å². The van der Waals surface area contributed by atoms with Crippen LogP contribution in [0.2, 0.25) is 0 Å². The summed E-state index contributed by atoms with van der Waals surface area (Å²) < 4.78 is 23.3. The van der Waals surface area contributed by atoms with E-state index < -0.39 is 17.9 Å². The van der Waals surface area contributed by atoms with E-state index >= 15 is 0 Å². The fourth-order valence-corrected chi connectivity index (χ4v) is 5.70. The Morgan fingerprint density at radius 2 is 1.96 bits per heavy atom. The highest BCUT2D eigenvalue weighted by Gasteiger charge is 2.56. The van der Waals surface area contributed by atoms with E-state index in [9.17, 15) is 24.7 Å². The molecule has 3 atom stereocenters. The van der Waals surface area contributed by atoms with Gasteiger partial charge in [0.15, 0.2) is 28.3 Å². The third-order valence-electron chi connectivity index (χ3n) is 7.87. The van der Waals surface area contributed by atoms with Gasteiger partial charge in [-0.15, -0.1) is 0 Å². The molecule has 45 heavy (non-hydrogen) atoms. The molecular weight excluding hydrogens is 582 g/mol. The van der Waals surface area contributed by atoms with Crippen LogP contribution in [0.5, 0.6) is 17.2 Å². The number of β-lactam (4-membered cyclic amide) rings is 1. The van der Waals surface area contributed by atoms with Gasteiger partial charge >= 0.3 is 0 Å². The van der Waals surface area contributed by atoms with Crippen LogP contribution in [0.15, 0.2) is 87.2 Å². The summed E-state index contributed by atoms with van der Waals surface area (Å²) in [4.78, 5) is 42.8. The van der Waals surface area contributed by atoms with Crippen molar-refractivity contribution in [2.24, 2.45) is 5.92 Å². The number of aliphatic hydroxyl groups is 1. The minimum atomic E-state index is -0.843. The zero-order valence-electron chi connectivity index (χ0n) is 24.8. The third kappa shape index (κ3) is 5.73. The Balaban J connectivity index is 1.11. The van der Waals surface area contributed by atoms with Crippen molar-refractivity contribution in [2.45, 2.75) is 32.1 Å². The quantitative estimate of drug-likeness (QED) is 0.118. The largest absolute Gasteiger partial charge is 0.493 e. The average Bonchev–Trinajstić information content (AvgIpc) is 3.34. The maximum Gasteiger partial charge on any atom is 0.293 e. The predicted molar refractivity (Wildman–Crippen MR) is 161 cm³/mol. The number of methoxy groups -OCH3 is 1. The summed E-state index contributed by atoms with van der Waals surface area (Å²) in [6, 6.07) is 14.9. The first kappa shape index (κ1) is 29.9. The monoisotopic (exact) mass is 613 g/mol. The highest BCUT2D eigenvalue weighted by molar-refractivity contribution is 6.02. The molecule has 4 aliphatic rings. The number of hydrogen-bond donors (Lipinski definition) is 2. The maximum absolute atomic E-state index is 12.6. The number of allylic oxidation sites excluding steroid dienone is 1. The fourth-order valence-electron chi connectivity index (χ4n) is 5.70. The Morgan fingerprint density at radius 3 is 2.71 bits per heavy atom. The van der Waals surface area contributed by atoms with E-state index in [-0.39, 0.29) is 36.3 Å². The van der Waals surface area contributed by atoms with Crippen LogP contribution in [-0.4, -0.2) is 70.0 Å². The van der Waals surface area contributed by atoms with E-state index in [0.717, 1.165) is 5.56 Å². The van der Waals surface area contributed by atoms with Gasteiger partial charge in [0.25, 0.3) is 5.91 Å². The van der Waals surface area contributed by atoms with Gasteiger partial charge in [0.2, 0.25) is 5.91 Å². The van der Waals surface area contributed by atoms with Gasteiger partial charge < -0.3 is 28.6 Å². The van der Waals surface area contributed by atoms with Crippen LogP contribution >= 0.6 is 0 Å². The first-order valence-corrected chi connectivity index (χ1v) is 14.3. The van der Waals surface area contributed by atoms with Crippen LogP contribution in [0.25, 0.3) is 22.6 Å². The molecule has 12 heteroatoms. The number of carbonyl (C=O) groups excluding carboxylic acids is 2. The van der Waals surface area contributed by atoms with E-state index in [4.69, 9.17) is 18.6 Å². The highest BCUT2D eigenvalue weighted by Crippen LogP contribution is 2.44. The first-order valence-electron chi connectivity index (χ1n) is 14.3. The molecule has 2 N–H and O–H groups in total. The zero-order chi connectivity index (χ0) is 31.8. The van der Waals surface area contributed by atoms with Crippen molar-refractivity contribution >= 4 is 22.9 Å². The molecule has 0 spiro atoms. The SMILES string of the molecule is COc1cc(COc2ccc3nc4ccc(=O)cc-4oc3c2)ccc1OC/C=C/C1=C(C(=O)N(C)O)N2C(=O)[C@H](C(C)O)[C@H]2C1. The Kier molecular flexibility index (Phi) is 8.00. The van der Waals surface area contributed by atoms with E-state index in [0.29, 0.717) is 56.9 Å². The minimum absolute atomic E-state index is 0.103. The summed E-state index contributed by atoms with van der Waals surface area (Å²) in [5.74, 6) is 0.324. The van der Waals surface area contributed by atoms with Crippen LogP contribution in [0, 0.1) is 5.92 Å². The van der Waals surface area contributed by atoms with Crippen molar-refractivity contribution in [2.75, 3.05) is 20.8 Å². The number of benzene rings is 3. The molecule has 1 unspecified atom stereocenters. The lowest BCUT2D eigenvalue weighted by molar-refractivity contribution is -0.167. The van der Waals surface area contributed by atoms with Crippen molar-refractivity contribution < 1.29 is 38.5 Å². The number of nitrogens with zero attached hydrogens (tertiary/aromatic N) is 3. The number of fused-ring (bicyclic) bond motifs is 3. The molecule has 2 aromatic rings. The van der Waals surface area contributed by atoms with Crippen molar-refractivity contribution in [1.82, 2.24) is 14.9 Å². The van der Waals surface area contributed by atoms with Crippen molar-refractivity contribution in [3.8, 4) is 28.7 Å². The van der Waals surface area contributed by atoms with Gasteiger partial charge in [-0.2, -0.15) is 0 Å². The topological polar surface area (TPSA) is 152 Å². The molecule has 0 saturated carbocycles. The van der Waals surface area contributed by atoms with Crippen LogP contribution < -0.4 is 19.6 Å². The summed E-state index contributed by atoms with van der Waals surface area (Å²) in [6.45, 7) is 1.93. The first-order chi connectivity index (χ1) is 21.6. The molecule has 232 valence electrons. The number of amides is 2. The smallest absolute Gasteiger partial charge is 0.293 e. The molecule has 3 heterocycles. The summed E-state index contributed by atoms with van der Waals surface area (Å²) in [5.41, 5.74) is 3.08. The average molecular weight is 614 g/mol. The molecule has 0 aromatic heterocycles. The highest BCUT2D eigenvalue weighted by atomic mass is 16.5. The van der Waals surface area contributed by atoms with Crippen LogP contribution in [0.3, 0.4) is 0 Å². The second-order valence-electron chi connectivity index (χ2n) is 10.9. The molecule has 1 fully saturated rings. The van der Waals surface area contributed by atoms with E-state index in [2.05, 4.69) is 4.98 Å². The normalized spacial score (nSPS) is 18.3. The van der Waals surface area contributed by atoms with Gasteiger partial charge in [0, 0.05) is 19.2 Å². The van der Waals surface area contributed by atoms with Gasteiger partial charge in [-0.3, -0.25) is 19.6 Å². The second kappa shape index (κ2) is 12.1. The van der Waals surface area contributed by atoms with Crippen molar-refractivity contribution in [3.63, 3.8) is 0 Å². The lowest BCUT2D eigenvalue weighted by Crippen LogP contribution is -2.62. The molecule has 0 radical (unpaired) electrons. The molecular formula is C33H31N3O9. The van der Waals surface area contributed by atoms with Crippen molar-refractivity contribution in [3.05, 3.63) is 93.8 Å². The number of aliphatic hydroxyl groups excluding tert-OH is 1. The number of hydroxylamine groups is 2. The molecule has 2 amide bonds. The molecule has 1 aliphatic carbocycles. The number of rotatable bonds is 10. The van der Waals surface area contributed by atoms with E-state index in [1.807, 2.05) is 6.07 Å². The number of ether oxygens (including phenoxy) is 3. The van der Waals surface area contributed by atoms with E-state index in [1.165, 1.54) is 31.2 Å². The summed E-state index contributed by atoms with van der Waals surface area (Å²) in [6.07, 6.45) is 2.95. The van der Waals surface area contributed by atoms with Gasteiger partial charge in [0.1, 0.15) is 35.9 Å². The molecule has 6 rings (SSSR count). The Morgan fingerprint density at radius 1 is 1.13 bits per heavy atom. The summed E-state index contributed by atoms with van der Waals surface area (Å²) >= 11 is 0. The Hall–Kier alpha value is -5.20. The van der Waals surface area contributed by atoms with Crippen LogP contribution in [-0.2, 0) is 16.2 Å². The molecule has 2 aromatic carbocycles. The van der Waals surface area contributed by atoms with Crippen LogP contribution in [0.1, 0.15) is 18.9 Å². The molecule has 12 nitrogen and oxygen atoms in total. The number of carbonyl (C=O) groups is 2. The maximum atomic E-state index is 12.6. The number of aromatic nitrogens is 1. The lowest BCUT2D eigenvalue weighted by Gasteiger charge is -2.45. The Bertz CT molecular complexity index is 1880. The minimum Gasteiger partial charge on any atom is -0.493 e. The van der Waals surface area contributed by atoms with E-state index in [1.54, 1.807) is 55.5 Å². The van der Waals surface area contributed by atoms with Gasteiger partial charge in [-0.05, 0) is 67.0 Å². The second-order valence-corrected chi connectivity index (χ2v) is 10.9. The molecule has 0 bridgehead atoms. The van der Waals surface area contributed by atoms with Gasteiger partial charge in [-0.25, -0.2) is 10.0 Å². The third-order valence-corrected chi connectivity index (χ3v) is 7.87. The zero-order valence-corrected chi connectivity index (χ0v) is 24.8.